The van der Waals surface area contributed by atoms with Crippen LogP contribution in [-0.2, 0) is 9.59 Å². The zero-order valence-electron chi connectivity index (χ0n) is 11.1. The number of hydrogen-bond acceptors (Lipinski definition) is 3. The highest BCUT2D eigenvalue weighted by Crippen LogP contribution is 2.21. The Labute approximate surface area is 106 Å². The van der Waals surface area contributed by atoms with Gasteiger partial charge < -0.3 is 10.4 Å². The van der Waals surface area contributed by atoms with Crippen LogP contribution >= 0.6 is 0 Å². The summed E-state index contributed by atoms with van der Waals surface area (Å²) in [5.41, 5.74) is -0.163. The zero-order valence-corrected chi connectivity index (χ0v) is 11.1. The lowest BCUT2D eigenvalue weighted by atomic mass is 9.89. The topological polar surface area (TPSA) is 95.1 Å². The van der Waals surface area contributed by atoms with Crippen molar-refractivity contribution in [3.8, 4) is 0 Å². The molecule has 100 valence electrons. The summed E-state index contributed by atoms with van der Waals surface area (Å²) in [6, 6.07) is 1.75. The van der Waals surface area contributed by atoms with E-state index in [0.717, 1.165) is 5.69 Å². The molecule has 1 aromatic heterocycles. The molecule has 6 heteroatoms. The predicted molar refractivity (Wildman–Crippen MR) is 67.3 cm³/mol. The average molecular weight is 253 g/mol. The zero-order chi connectivity index (χ0) is 13.9. The molecule has 18 heavy (non-hydrogen) atoms. The smallest absolute Gasteiger partial charge is 0.309 e. The summed E-state index contributed by atoms with van der Waals surface area (Å²) >= 11 is 0. The molecule has 0 aromatic carbocycles. The second-order valence-electron chi connectivity index (χ2n) is 5.28. The molecule has 0 aliphatic heterocycles. The van der Waals surface area contributed by atoms with Crippen molar-refractivity contribution in [2.75, 3.05) is 5.32 Å². The van der Waals surface area contributed by atoms with Gasteiger partial charge in [-0.2, -0.15) is 5.10 Å². The van der Waals surface area contributed by atoms with Crippen molar-refractivity contribution in [2.24, 2.45) is 5.41 Å². The molecule has 0 aliphatic rings. The first kappa shape index (κ1) is 14.2. The average Bonchev–Trinajstić information content (AvgIpc) is 2.64. The van der Waals surface area contributed by atoms with E-state index < -0.39 is 11.4 Å². The van der Waals surface area contributed by atoms with Crippen LogP contribution in [-0.4, -0.2) is 27.2 Å². The second-order valence-corrected chi connectivity index (χ2v) is 5.28. The number of carbonyl (C=O) groups is 2. The van der Waals surface area contributed by atoms with Crippen molar-refractivity contribution in [2.45, 2.75) is 40.0 Å². The van der Waals surface area contributed by atoms with Crippen molar-refractivity contribution in [3.63, 3.8) is 0 Å². The number of amides is 1. The van der Waals surface area contributed by atoms with Crippen LogP contribution in [0.4, 0.5) is 5.82 Å². The Balaban J connectivity index is 2.62. The molecule has 3 N–H and O–H groups in total. The van der Waals surface area contributed by atoms with Gasteiger partial charge in [0.2, 0.25) is 5.91 Å². The lowest BCUT2D eigenvalue weighted by Crippen LogP contribution is -2.29. The van der Waals surface area contributed by atoms with Crippen molar-refractivity contribution in [1.29, 1.82) is 0 Å². The van der Waals surface area contributed by atoms with Crippen LogP contribution < -0.4 is 5.32 Å². The third-order valence-corrected chi connectivity index (χ3v) is 2.67. The molecule has 0 radical (unpaired) electrons. The number of aliphatic carboxylic acids is 1. The summed E-state index contributed by atoms with van der Waals surface area (Å²) in [5, 5.41) is 18.3. The Morgan fingerprint density at radius 1 is 1.50 bits per heavy atom. The van der Waals surface area contributed by atoms with Gasteiger partial charge in [0.1, 0.15) is 0 Å². The van der Waals surface area contributed by atoms with Crippen molar-refractivity contribution < 1.29 is 14.7 Å². The number of H-pyrrole nitrogens is 1. The van der Waals surface area contributed by atoms with Crippen LogP contribution in [0, 0.1) is 5.41 Å². The maximum absolute atomic E-state index is 11.7. The molecule has 1 heterocycles. The molecule has 0 saturated carbocycles. The van der Waals surface area contributed by atoms with Crippen LogP contribution in [0.1, 0.15) is 45.7 Å². The highest BCUT2D eigenvalue weighted by atomic mass is 16.4. The lowest BCUT2D eigenvalue weighted by molar-refractivity contribution is -0.148. The molecule has 0 spiro atoms. The maximum Gasteiger partial charge on any atom is 0.309 e. The third-order valence-electron chi connectivity index (χ3n) is 2.67. The van der Waals surface area contributed by atoms with Gasteiger partial charge >= 0.3 is 5.97 Å². The van der Waals surface area contributed by atoms with Gasteiger partial charge in [0.25, 0.3) is 0 Å². The number of anilines is 1. The molecule has 0 fully saturated rings. The Bertz CT molecular complexity index is 449. The fourth-order valence-electron chi connectivity index (χ4n) is 1.36. The minimum absolute atomic E-state index is 0.0911. The maximum atomic E-state index is 11.7. The van der Waals surface area contributed by atoms with E-state index in [1.807, 2.05) is 13.8 Å². The molecule has 1 aromatic rings. The minimum Gasteiger partial charge on any atom is -0.481 e. The van der Waals surface area contributed by atoms with E-state index in [1.54, 1.807) is 6.07 Å². The van der Waals surface area contributed by atoms with Crippen molar-refractivity contribution in [3.05, 3.63) is 11.8 Å². The van der Waals surface area contributed by atoms with Gasteiger partial charge in [-0.25, -0.2) is 0 Å². The first-order valence-electron chi connectivity index (χ1n) is 5.81. The van der Waals surface area contributed by atoms with E-state index in [0.29, 0.717) is 11.7 Å². The number of hydrogen-bond donors (Lipinski definition) is 3. The number of aromatic amines is 1. The molecular weight excluding hydrogens is 234 g/mol. The predicted octanol–water partition coefficient (Wildman–Crippen LogP) is 1.97. The number of carbonyl (C=O) groups excluding carboxylic acids is 1. The van der Waals surface area contributed by atoms with Crippen LogP contribution in [0.5, 0.6) is 0 Å². The standard InChI is InChI=1S/C12H19N3O3/c1-7(2)8-5-9(15-14-8)13-10(16)6-12(3,4)11(17)18/h5,7H,6H2,1-4H3,(H,17,18)(H2,13,14,15,16). The Morgan fingerprint density at radius 3 is 2.56 bits per heavy atom. The Hall–Kier alpha value is -1.85. The Kier molecular flexibility index (Phi) is 4.11. The highest BCUT2D eigenvalue weighted by molar-refractivity contribution is 5.93. The SMILES string of the molecule is CC(C)c1cc(NC(=O)CC(C)(C)C(=O)O)n[nH]1. The molecule has 1 rings (SSSR count). The number of nitrogens with one attached hydrogen (secondary N) is 2. The van der Waals surface area contributed by atoms with Gasteiger partial charge in [0, 0.05) is 18.2 Å². The largest absolute Gasteiger partial charge is 0.481 e. The Morgan fingerprint density at radius 2 is 2.11 bits per heavy atom. The van der Waals surface area contributed by atoms with E-state index >= 15 is 0 Å². The second kappa shape index (κ2) is 5.20. The lowest BCUT2D eigenvalue weighted by Gasteiger charge is -2.17. The summed E-state index contributed by atoms with van der Waals surface area (Å²) in [4.78, 5) is 22.6. The van der Waals surface area contributed by atoms with E-state index in [-0.39, 0.29) is 12.3 Å². The van der Waals surface area contributed by atoms with Crippen molar-refractivity contribution >= 4 is 17.7 Å². The van der Waals surface area contributed by atoms with E-state index in [9.17, 15) is 9.59 Å². The number of aromatic nitrogens is 2. The normalized spacial score (nSPS) is 11.6. The van der Waals surface area contributed by atoms with E-state index in [2.05, 4.69) is 15.5 Å². The summed E-state index contributed by atoms with van der Waals surface area (Å²) < 4.78 is 0. The molecule has 0 atom stereocenters. The fourth-order valence-corrected chi connectivity index (χ4v) is 1.36. The van der Waals surface area contributed by atoms with Gasteiger partial charge in [-0.3, -0.25) is 14.7 Å². The monoisotopic (exact) mass is 253 g/mol. The summed E-state index contributed by atoms with van der Waals surface area (Å²) in [6.07, 6.45) is -0.0911. The van der Waals surface area contributed by atoms with Gasteiger partial charge in [0.05, 0.1) is 5.41 Å². The summed E-state index contributed by atoms with van der Waals surface area (Å²) in [6.45, 7) is 7.04. The summed E-state index contributed by atoms with van der Waals surface area (Å²) in [5.74, 6) is -0.643. The molecule has 0 unspecified atom stereocenters. The van der Waals surface area contributed by atoms with Gasteiger partial charge in [-0.15, -0.1) is 0 Å². The molecular formula is C12H19N3O3. The first-order chi connectivity index (χ1) is 8.22. The van der Waals surface area contributed by atoms with Crippen LogP contribution in [0.25, 0.3) is 0 Å². The van der Waals surface area contributed by atoms with Crippen LogP contribution in [0.3, 0.4) is 0 Å². The van der Waals surface area contributed by atoms with Crippen LogP contribution in [0.2, 0.25) is 0 Å². The number of nitrogens with zero attached hydrogens (tertiary/aromatic N) is 1. The molecule has 6 nitrogen and oxygen atoms in total. The van der Waals surface area contributed by atoms with Gasteiger partial charge in [-0.05, 0) is 19.8 Å². The van der Waals surface area contributed by atoms with Crippen LogP contribution in [0.15, 0.2) is 6.07 Å². The minimum atomic E-state index is -1.08. The number of carboxylic acids is 1. The third kappa shape index (κ3) is 3.58. The highest BCUT2D eigenvalue weighted by Gasteiger charge is 2.30. The van der Waals surface area contributed by atoms with E-state index in [4.69, 9.17) is 5.11 Å². The van der Waals surface area contributed by atoms with Gasteiger partial charge in [-0.1, -0.05) is 13.8 Å². The quantitative estimate of drug-likeness (QED) is 0.747. The molecule has 0 bridgehead atoms. The van der Waals surface area contributed by atoms with E-state index in [1.165, 1.54) is 13.8 Å². The first-order valence-corrected chi connectivity index (χ1v) is 5.81. The molecule has 0 saturated heterocycles. The molecule has 1 amide bonds. The number of carboxylic acid groups (broad SMARTS) is 1. The fraction of sp³-hybridized carbons (Fsp3) is 0.583. The summed E-state index contributed by atoms with van der Waals surface area (Å²) in [7, 11) is 0. The van der Waals surface area contributed by atoms with Gasteiger partial charge in [0.15, 0.2) is 5.82 Å². The van der Waals surface area contributed by atoms with Crippen molar-refractivity contribution in [1.82, 2.24) is 10.2 Å². The number of rotatable bonds is 5. The molecule has 0 aliphatic carbocycles.